The molecule has 0 saturated carbocycles. The number of nitrogens with zero attached hydrogens (tertiary/aromatic N) is 2. The molecule has 0 radical (unpaired) electrons. The van der Waals surface area contributed by atoms with Crippen molar-refractivity contribution in [3.05, 3.63) is 65.7 Å². The van der Waals surface area contributed by atoms with Crippen molar-refractivity contribution >= 4 is 22.4 Å². The van der Waals surface area contributed by atoms with E-state index in [2.05, 4.69) is 21.9 Å². The van der Waals surface area contributed by atoms with Crippen molar-refractivity contribution in [2.24, 2.45) is 0 Å². The molecule has 0 fully saturated rings. The standard InChI is InChI=1S/C19H17F2N3OS/c1-3-13(20)16(14(21)4-2)18(25)24-19-23-15-7-5-6-11-10-22-9-8-12(11)17(15)26-19/h3-4,8-10H,1,5-7H2,2H3,(H,23,24,25)/b14-4+,16-13-. The lowest BCUT2D eigenvalue weighted by atomic mass is 10.1. The van der Waals surface area contributed by atoms with Gasteiger partial charge in [-0.2, -0.15) is 0 Å². The predicted molar refractivity (Wildman–Crippen MR) is 99.2 cm³/mol. The number of aromatic nitrogens is 2. The van der Waals surface area contributed by atoms with Crippen LogP contribution in [0.1, 0.15) is 24.6 Å². The van der Waals surface area contributed by atoms with Gasteiger partial charge in [0.1, 0.15) is 17.2 Å². The first-order chi connectivity index (χ1) is 12.5. The van der Waals surface area contributed by atoms with Crippen molar-refractivity contribution in [2.75, 3.05) is 5.32 Å². The van der Waals surface area contributed by atoms with Crippen LogP contribution >= 0.6 is 11.3 Å². The molecule has 0 atom stereocenters. The Morgan fingerprint density at radius 1 is 1.38 bits per heavy atom. The van der Waals surface area contributed by atoms with Gasteiger partial charge in [0, 0.05) is 12.4 Å². The number of fused-ring (bicyclic) bond motifs is 3. The Morgan fingerprint density at radius 3 is 2.92 bits per heavy atom. The van der Waals surface area contributed by atoms with Crippen LogP contribution in [-0.2, 0) is 17.6 Å². The zero-order valence-corrected chi connectivity index (χ0v) is 15.0. The smallest absolute Gasteiger partial charge is 0.263 e. The molecule has 1 aliphatic rings. The van der Waals surface area contributed by atoms with E-state index in [0.29, 0.717) is 5.13 Å². The third kappa shape index (κ3) is 3.48. The number of pyridine rings is 1. The zero-order valence-electron chi connectivity index (χ0n) is 14.2. The van der Waals surface area contributed by atoms with Gasteiger partial charge in [0.2, 0.25) is 0 Å². The van der Waals surface area contributed by atoms with Gasteiger partial charge < -0.3 is 0 Å². The molecule has 0 saturated heterocycles. The topological polar surface area (TPSA) is 54.9 Å². The molecule has 0 aliphatic heterocycles. The highest BCUT2D eigenvalue weighted by Crippen LogP contribution is 2.38. The van der Waals surface area contributed by atoms with Gasteiger partial charge in [-0.05, 0) is 49.5 Å². The summed E-state index contributed by atoms with van der Waals surface area (Å²) in [5.74, 6) is -2.86. The van der Waals surface area contributed by atoms with Crippen LogP contribution in [0.3, 0.4) is 0 Å². The van der Waals surface area contributed by atoms with E-state index in [1.807, 2.05) is 12.3 Å². The maximum absolute atomic E-state index is 13.9. The number of thiazole rings is 1. The van der Waals surface area contributed by atoms with E-state index in [0.717, 1.165) is 53.1 Å². The molecule has 134 valence electrons. The SMILES string of the molecule is C=C/C(F)=C(C(=O)Nc1nc2c(s1)-c1ccncc1CCC2)\C(F)=C/C. The highest BCUT2D eigenvalue weighted by atomic mass is 32.1. The first-order valence-electron chi connectivity index (χ1n) is 8.13. The molecule has 3 rings (SSSR count). The number of nitrogens with one attached hydrogen (secondary N) is 1. The lowest BCUT2D eigenvalue weighted by molar-refractivity contribution is -0.112. The Balaban J connectivity index is 1.95. The third-order valence-electron chi connectivity index (χ3n) is 4.06. The normalized spacial score (nSPS) is 14.7. The van der Waals surface area contributed by atoms with Gasteiger partial charge in [-0.1, -0.05) is 24.0 Å². The first kappa shape index (κ1) is 18.1. The van der Waals surface area contributed by atoms with Gasteiger partial charge in [0.25, 0.3) is 5.91 Å². The number of aryl methyl sites for hydroxylation is 2. The molecular formula is C19H17F2N3OS. The summed E-state index contributed by atoms with van der Waals surface area (Å²) in [6.45, 7) is 4.63. The molecule has 1 N–H and O–H groups in total. The van der Waals surface area contributed by atoms with E-state index in [9.17, 15) is 13.6 Å². The van der Waals surface area contributed by atoms with Crippen LogP contribution in [0.4, 0.5) is 13.9 Å². The van der Waals surface area contributed by atoms with Crippen molar-refractivity contribution in [1.29, 1.82) is 0 Å². The van der Waals surface area contributed by atoms with Crippen molar-refractivity contribution in [1.82, 2.24) is 9.97 Å². The third-order valence-corrected chi connectivity index (χ3v) is 5.11. The fraction of sp³-hybridized carbons (Fsp3) is 0.211. The van der Waals surface area contributed by atoms with Crippen molar-refractivity contribution in [2.45, 2.75) is 26.2 Å². The monoisotopic (exact) mass is 373 g/mol. The van der Waals surface area contributed by atoms with Gasteiger partial charge in [0.05, 0.1) is 10.6 Å². The van der Waals surface area contributed by atoms with Gasteiger partial charge in [-0.25, -0.2) is 13.8 Å². The second-order valence-corrected chi connectivity index (χ2v) is 6.70. The van der Waals surface area contributed by atoms with Crippen molar-refractivity contribution in [3.8, 4) is 10.4 Å². The van der Waals surface area contributed by atoms with Crippen LogP contribution < -0.4 is 5.32 Å². The number of hydrogen-bond donors (Lipinski definition) is 1. The van der Waals surface area contributed by atoms with Crippen LogP contribution in [0.15, 0.2) is 54.4 Å². The largest absolute Gasteiger partial charge is 0.298 e. The summed E-state index contributed by atoms with van der Waals surface area (Å²) in [5, 5.41) is 2.82. The minimum atomic E-state index is -1.02. The zero-order chi connectivity index (χ0) is 18.7. The van der Waals surface area contributed by atoms with E-state index in [-0.39, 0.29) is 0 Å². The summed E-state index contributed by atoms with van der Waals surface area (Å²) in [4.78, 5) is 21.9. The van der Waals surface area contributed by atoms with Crippen LogP contribution in [0.2, 0.25) is 0 Å². The van der Waals surface area contributed by atoms with Gasteiger partial charge in [0.15, 0.2) is 5.13 Å². The van der Waals surface area contributed by atoms with E-state index < -0.39 is 23.1 Å². The molecule has 1 aliphatic carbocycles. The summed E-state index contributed by atoms with van der Waals surface area (Å²) in [6.07, 6.45) is 7.99. The molecular weight excluding hydrogens is 356 g/mol. The molecule has 0 aromatic carbocycles. The van der Waals surface area contributed by atoms with Crippen LogP contribution in [0.5, 0.6) is 0 Å². The Morgan fingerprint density at radius 2 is 2.19 bits per heavy atom. The number of carbonyl (C=O) groups is 1. The Bertz CT molecular complexity index is 931. The molecule has 7 heteroatoms. The second-order valence-electron chi connectivity index (χ2n) is 5.70. The molecule has 4 nitrogen and oxygen atoms in total. The summed E-state index contributed by atoms with van der Waals surface area (Å²) in [5.41, 5.74) is 2.36. The number of carbonyl (C=O) groups excluding carboxylic acids is 1. The number of rotatable bonds is 4. The first-order valence-corrected chi connectivity index (χ1v) is 8.95. The van der Waals surface area contributed by atoms with Crippen molar-refractivity contribution in [3.63, 3.8) is 0 Å². The molecule has 1 amide bonds. The lowest BCUT2D eigenvalue weighted by Crippen LogP contribution is -2.16. The van der Waals surface area contributed by atoms with Gasteiger partial charge in [-0.15, -0.1) is 0 Å². The highest BCUT2D eigenvalue weighted by molar-refractivity contribution is 7.19. The minimum Gasteiger partial charge on any atom is -0.298 e. The van der Waals surface area contributed by atoms with Crippen LogP contribution in [-0.4, -0.2) is 15.9 Å². The number of allylic oxidation sites excluding steroid dienone is 3. The summed E-state index contributed by atoms with van der Waals surface area (Å²) < 4.78 is 27.8. The maximum atomic E-state index is 13.9. The van der Waals surface area contributed by atoms with Gasteiger partial charge in [-0.3, -0.25) is 15.1 Å². The molecule has 0 bridgehead atoms. The Labute approximate surface area is 154 Å². The second kappa shape index (κ2) is 7.70. The number of hydrogen-bond acceptors (Lipinski definition) is 4. The molecule has 2 aromatic heterocycles. The number of anilines is 1. The average Bonchev–Trinajstić information content (AvgIpc) is 2.96. The van der Waals surface area contributed by atoms with Gasteiger partial charge >= 0.3 is 0 Å². The molecule has 0 spiro atoms. The Hall–Kier alpha value is -2.67. The summed E-state index contributed by atoms with van der Waals surface area (Å²) in [7, 11) is 0. The van der Waals surface area contributed by atoms with Crippen LogP contribution in [0.25, 0.3) is 10.4 Å². The summed E-state index contributed by atoms with van der Waals surface area (Å²) >= 11 is 1.29. The van der Waals surface area contributed by atoms with E-state index in [1.165, 1.54) is 18.3 Å². The minimum absolute atomic E-state index is 0.308. The van der Waals surface area contributed by atoms with E-state index in [4.69, 9.17) is 0 Å². The molecule has 26 heavy (non-hydrogen) atoms. The number of amides is 1. The predicted octanol–water partition coefficient (Wildman–Crippen LogP) is 4.92. The van der Waals surface area contributed by atoms with Crippen molar-refractivity contribution < 1.29 is 13.6 Å². The molecule has 2 heterocycles. The molecule has 2 aromatic rings. The summed E-state index contributed by atoms with van der Waals surface area (Å²) in [6, 6.07) is 1.92. The van der Waals surface area contributed by atoms with Crippen LogP contribution in [0, 0.1) is 0 Å². The number of halogens is 2. The Kier molecular flexibility index (Phi) is 5.37. The quantitative estimate of drug-likeness (QED) is 0.612. The fourth-order valence-electron chi connectivity index (χ4n) is 2.82. The lowest BCUT2D eigenvalue weighted by Gasteiger charge is -2.06. The highest BCUT2D eigenvalue weighted by Gasteiger charge is 2.23. The van der Waals surface area contributed by atoms with E-state index >= 15 is 0 Å². The fourth-order valence-corrected chi connectivity index (χ4v) is 3.88. The maximum Gasteiger partial charge on any atom is 0.263 e. The average molecular weight is 373 g/mol. The molecule has 0 unspecified atom stereocenters. The van der Waals surface area contributed by atoms with E-state index in [1.54, 1.807) is 6.20 Å².